The first-order chi connectivity index (χ1) is 13.8. The number of benzene rings is 1. The van der Waals surface area contributed by atoms with Gasteiger partial charge >= 0.3 is 0 Å². The van der Waals surface area contributed by atoms with Gasteiger partial charge in [-0.3, -0.25) is 14.8 Å². The molecule has 9 heteroatoms. The number of nitrogens with zero attached hydrogens (tertiary/aromatic N) is 2. The summed E-state index contributed by atoms with van der Waals surface area (Å²) in [6.07, 6.45) is -1.24. The first kappa shape index (κ1) is 21.2. The van der Waals surface area contributed by atoms with Crippen LogP contribution < -0.4 is 19.9 Å². The Morgan fingerprint density at radius 2 is 1.97 bits per heavy atom. The number of ether oxygens (including phenoxy) is 2. The molecule has 160 valence electrons. The van der Waals surface area contributed by atoms with Crippen LogP contribution in [0.25, 0.3) is 0 Å². The molecule has 0 aliphatic carbocycles. The molecule has 1 unspecified atom stereocenters. The third-order valence-corrected chi connectivity index (χ3v) is 5.43. The Hall–Kier alpha value is -2.52. The van der Waals surface area contributed by atoms with Crippen molar-refractivity contribution in [2.75, 3.05) is 31.3 Å². The van der Waals surface area contributed by atoms with Crippen molar-refractivity contribution < 1.29 is 29.4 Å². The number of nitrogens with one attached hydrogen (secondary N) is 1. The molecule has 2 heterocycles. The summed E-state index contributed by atoms with van der Waals surface area (Å²) in [5.74, 6) is -0.590. The highest BCUT2D eigenvalue weighted by molar-refractivity contribution is 5.89. The van der Waals surface area contributed by atoms with E-state index in [0.717, 1.165) is 11.4 Å². The van der Waals surface area contributed by atoms with Gasteiger partial charge in [0.15, 0.2) is 11.5 Å². The van der Waals surface area contributed by atoms with Gasteiger partial charge in [0.25, 0.3) is 5.91 Å². The van der Waals surface area contributed by atoms with Crippen molar-refractivity contribution in [2.45, 2.75) is 39.3 Å². The van der Waals surface area contributed by atoms with Gasteiger partial charge in [-0.25, -0.2) is 5.48 Å². The second-order valence-corrected chi connectivity index (χ2v) is 8.02. The van der Waals surface area contributed by atoms with Gasteiger partial charge in [-0.2, -0.15) is 0 Å². The maximum Gasteiger partial charge on any atom is 0.272 e. The summed E-state index contributed by atoms with van der Waals surface area (Å²) in [4.78, 5) is 28.8. The monoisotopic (exact) mass is 407 g/mol. The van der Waals surface area contributed by atoms with Gasteiger partial charge < -0.3 is 24.4 Å². The molecule has 3 atom stereocenters. The van der Waals surface area contributed by atoms with E-state index >= 15 is 0 Å². The summed E-state index contributed by atoms with van der Waals surface area (Å²) in [6.45, 7) is 7.71. The zero-order valence-corrected chi connectivity index (χ0v) is 17.0. The fourth-order valence-electron chi connectivity index (χ4n) is 3.94. The number of carbonyl (C=O) groups is 2. The molecule has 1 aromatic carbocycles. The molecule has 29 heavy (non-hydrogen) atoms. The lowest BCUT2D eigenvalue weighted by molar-refractivity contribution is -0.152. The third-order valence-electron chi connectivity index (χ3n) is 5.43. The predicted octanol–water partition coefficient (Wildman–Crippen LogP) is 0.981. The Balaban J connectivity index is 1.70. The summed E-state index contributed by atoms with van der Waals surface area (Å²) in [7, 11) is 0. The molecule has 0 aromatic heterocycles. The van der Waals surface area contributed by atoms with Crippen LogP contribution in [-0.2, 0) is 9.59 Å². The van der Waals surface area contributed by atoms with E-state index in [-0.39, 0.29) is 24.7 Å². The third kappa shape index (κ3) is 4.56. The van der Waals surface area contributed by atoms with Crippen molar-refractivity contribution in [3.05, 3.63) is 18.2 Å². The Bertz CT molecular complexity index is 756. The smallest absolute Gasteiger partial charge is 0.272 e. The van der Waals surface area contributed by atoms with Crippen molar-refractivity contribution in [2.24, 2.45) is 11.8 Å². The van der Waals surface area contributed by atoms with Crippen molar-refractivity contribution in [3.8, 4) is 11.5 Å². The van der Waals surface area contributed by atoms with E-state index in [1.54, 1.807) is 4.90 Å². The van der Waals surface area contributed by atoms with Gasteiger partial charge in [-0.1, -0.05) is 13.8 Å². The Kier molecular flexibility index (Phi) is 6.49. The lowest BCUT2D eigenvalue weighted by atomic mass is 9.89. The van der Waals surface area contributed by atoms with Crippen LogP contribution >= 0.6 is 0 Å². The van der Waals surface area contributed by atoms with E-state index in [1.165, 1.54) is 5.48 Å². The van der Waals surface area contributed by atoms with Gasteiger partial charge in [0.2, 0.25) is 12.7 Å². The quantitative estimate of drug-likeness (QED) is 0.476. The molecule has 1 fully saturated rings. The fraction of sp³-hybridized carbons (Fsp3) is 0.600. The number of aliphatic hydroxyl groups is 1. The number of amides is 2. The highest BCUT2D eigenvalue weighted by atomic mass is 16.7. The van der Waals surface area contributed by atoms with E-state index in [4.69, 9.17) is 14.7 Å². The fourth-order valence-corrected chi connectivity index (χ4v) is 3.94. The van der Waals surface area contributed by atoms with Crippen molar-refractivity contribution in [1.82, 2.24) is 10.4 Å². The van der Waals surface area contributed by atoms with Crippen LogP contribution in [0, 0.1) is 11.8 Å². The Morgan fingerprint density at radius 3 is 2.62 bits per heavy atom. The minimum absolute atomic E-state index is 0.107. The largest absolute Gasteiger partial charge is 0.454 e. The van der Waals surface area contributed by atoms with Gasteiger partial charge in [0.05, 0.1) is 5.92 Å². The number of rotatable bonds is 6. The predicted molar refractivity (Wildman–Crippen MR) is 105 cm³/mol. The van der Waals surface area contributed by atoms with Crippen LogP contribution in [0.3, 0.4) is 0 Å². The van der Waals surface area contributed by atoms with Crippen LogP contribution in [-0.4, -0.2) is 65.6 Å². The summed E-state index contributed by atoms with van der Waals surface area (Å²) in [5.41, 5.74) is 2.44. The first-order valence-electron chi connectivity index (χ1n) is 9.89. The average molecular weight is 407 g/mol. The van der Waals surface area contributed by atoms with Crippen LogP contribution in [0.2, 0.25) is 0 Å². The molecule has 0 bridgehead atoms. The minimum atomic E-state index is -1.59. The SMILES string of the molecule is CC(C)C[C@H](C(=O)N1CCN(c2ccc3c(c2)OCO3)CC1C)[C@H](O)C(=O)NO. The van der Waals surface area contributed by atoms with Crippen molar-refractivity contribution >= 4 is 17.5 Å². The molecule has 1 saturated heterocycles. The van der Waals surface area contributed by atoms with E-state index in [2.05, 4.69) is 4.90 Å². The molecule has 3 rings (SSSR count). The molecule has 2 aliphatic heterocycles. The highest BCUT2D eigenvalue weighted by Crippen LogP contribution is 2.36. The van der Waals surface area contributed by atoms with Crippen LogP contribution in [0.5, 0.6) is 11.5 Å². The van der Waals surface area contributed by atoms with Crippen molar-refractivity contribution in [1.29, 1.82) is 0 Å². The molecular weight excluding hydrogens is 378 g/mol. The Labute approximate surface area is 170 Å². The van der Waals surface area contributed by atoms with Crippen LogP contribution in [0.15, 0.2) is 18.2 Å². The first-order valence-corrected chi connectivity index (χ1v) is 9.89. The molecule has 9 nitrogen and oxygen atoms in total. The minimum Gasteiger partial charge on any atom is -0.454 e. The Morgan fingerprint density at radius 1 is 1.24 bits per heavy atom. The molecule has 3 N–H and O–H groups in total. The molecule has 2 aliphatic rings. The molecule has 2 amide bonds. The molecule has 0 saturated carbocycles. The number of piperazine rings is 1. The maximum atomic E-state index is 13.2. The zero-order chi connectivity index (χ0) is 21.1. The van der Waals surface area contributed by atoms with Gasteiger partial charge in [-0.05, 0) is 31.4 Å². The number of anilines is 1. The van der Waals surface area contributed by atoms with Gasteiger partial charge in [-0.15, -0.1) is 0 Å². The average Bonchev–Trinajstić information content (AvgIpc) is 3.18. The number of fused-ring (bicyclic) bond motifs is 1. The van der Waals surface area contributed by atoms with Gasteiger partial charge in [0.1, 0.15) is 6.10 Å². The van der Waals surface area contributed by atoms with E-state index in [0.29, 0.717) is 31.8 Å². The number of hydrogen-bond donors (Lipinski definition) is 3. The van der Waals surface area contributed by atoms with E-state index in [9.17, 15) is 14.7 Å². The second-order valence-electron chi connectivity index (χ2n) is 8.02. The molecule has 0 spiro atoms. The van der Waals surface area contributed by atoms with Crippen molar-refractivity contribution in [3.63, 3.8) is 0 Å². The summed E-state index contributed by atoms with van der Waals surface area (Å²) >= 11 is 0. The molecular formula is C20H29N3O6. The number of hydrogen-bond acceptors (Lipinski definition) is 7. The van der Waals surface area contributed by atoms with E-state index < -0.39 is 17.9 Å². The van der Waals surface area contributed by atoms with Crippen LogP contribution in [0.1, 0.15) is 27.2 Å². The molecule has 0 radical (unpaired) electrons. The van der Waals surface area contributed by atoms with Gasteiger partial charge in [0, 0.05) is 37.4 Å². The summed E-state index contributed by atoms with van der Waals surface area (Å²) < 4.78 is 10.8. The maximum absolute atomic E-state index is 13.2. The summed E-state index contributed by atoms with van der Waals surface area (Å²) in [6, 6.07) is 5.67. The highest BCUT2D eigenvalue weighted by Gasteiger charge is 2.38. The lowest BCUT2D eigenvalue weighted by Crippen LogP contribution is -2.57. The van der Waals surface area contributed by atoms with E-state index in [1.807, 2.05) is 39.0 Å². The number of carbonyl (C=O) groups excluding carboxylic acids is 2. The van der Waals surface area contributed by atoms with Crippen LogP contribution in [0.4, 0.5) is 5.69 Å². The second kappa shape index (κ2) is 8.87. The molecule has 1 aromatic rings. The number of aliphatic hydroxyl groups excluding tert-OH is 1. The zero-order valence-electron chi connectivity index (χ0n) is 17.0. The standard InChI is InChI=1S/C20H29N3O6/c1-12(2)8-15(18(24)19(25)21-27)20(26)23-7-6-22(10-13(23)3)14-4-5-16-17(9-14)29-11-28-16/h4-5,9,12-13,15,18,24,27H,6-8,10-11H2,1-3H3,(H,21,25)/t13?,15-,18-/m0/s1. The summed E-state index contributed by atoms with van der Waals surface area (Å²) in [5, 5.41) is 19.1. The lowest BCUT2D eigenvalue weighted by Gasteiger charge is -2.42. The topological polar surface area (TPSA) is 112 Å². The number of hydroxylamine groups is 1. The normalized spacial score (nSPS) is 20.6.